The molecule has 186 valence electrons. The molecule has 3 aliphatic carbocycles. The number of fused-ring (bicyclic) bond motifs is 5. The zero-order valence-corrected chi connectivity index (χ0v) is 23.0. The summed E-state index contributed by atoms with van der Waals surface area (Å²) in [4.78, 5) is 2.53. The van der Waals surface area contributed by atoms with Crippen LogP contribution in [0.5, 0.6) is 11.5 Å². The third-order valence-electron chi connectivity index (χ3n) is 9.64. The number of phenols is 1. The molecule has 0 amide bonds. The first-order valence-corrected chi connectivity index (χ1v) is 14.7. The van der Waals surface area contributed by atoms with Crippen LogP contribution < -0.4 is 4.74 Å². The van der Waals surface area contributed by atoms with Crippen LogP contribution in [-0.2, 0) is 6.42 Å². The molecule has 2 aromatic carbocycles. The van der Waals surface area contributed by atoms with Crippen molar-refractivity contribution in [2.24, 2.45) is 17.3 Å². The summed E-state index contributed by atoms with van der Waals surface area (Å²) in [5.74, 6) is 3.84. The van der Waals surface area contributed by atoms with Crippen molar-refractivity contribution in [3.05, 3.63) is 68.8 Å². The van der Waals surface area contributed by atoms with Gasteiger partial charge in [0.2, 0.25) is 0 Å². The van der Waals surface area contributed by atoms with E-state index in [1.54, 1.807) is 3.58 Å². The van der Waals surface area contributed by atoms with Gasteiger partial charge in [0.25, 0.3) is 0 Å². The molecule has 0 spiro atoms. The highest BCUT2D eigenvalue weighted by molar-refractivity contribution is 14.1. The molecule has 1 saturated carbocycles. The number of nitrogens with zero attached hydrogens (tertiary/aromatic N) is 1. The van der Waals surface area contributed by atoms with E-state index >= 15 is 0 Å². The fourth-order valence-corrected chi connectivity index (χ4v) is 8.70. The summed E-state index contributed by atoms with van der Waals surface area (Å²) in [6.45, 7) is 6.77. The molecule has 3 nitrogen and oxygen atoms in total. The lowest BCUT2D eigenvalue weighted by molar-refractivity contribution is 0.0637. The summed E-state index contributed by atoms with van der Waals surface area (Å²) in [5, 5.41) is 10.2. The highest BCUT2D eigenvalue weighted by atomic mass is 127. The molecular weight excluding hydrogens is 545 g/mol. The summed E-state index contributed by atoms with van der Waals surface area (Å²) >= 11 is 2.62. The molecule has 2 aromatic rings. The number of hydrogen-bond acceptors (Lipinski definition) is 3. The van der Waals surface area contributed by atoms with Crippen LogP contribution in [0, 0.1) is 17.3 Å². The number of ether oxygens (including phenoxy) is 1. The smallest absolute Gasteiger partial charge is 0.119 e. The van der Waals surface area contributed by atoms with Gasteiger partial charge in [0.05, 0.1) is 0 Å². The van der Waals surface area contributed by atoms with Gasteiger partial charge in [-0.3, -0.25) is 4.90 Å². The lowest BCUT2D eigenvalue weighted by Crippen LogP contribution is -2.44. The number of benzene rings is 2. The molecule has 5 atom stereocenters. The molecule has 1 heterocycles. The fourth-order valence-electron chi connectivity index (χ4n) is 7.83. The normalized spacial score (nSPS) is 32.3. The summed E-state index contributed by atoms with van der Waals surface area (Å²) in [6, 6.07) is 15.2. The topological polar surface area (TPSA) is 32.7 Å². The maximum atomic E-state index is 10.2. The van der Waals surface area contributed by atoms with Crippen LogP contribution >= 0.6 is 22.6 Å². The van der Waals surface area contributed by atoms with Gasteiger partial charge in [-0.25, -0.2) is 0 Å². The van der Waals surface area contributed by atoms with Gasteiger partial charge < -0.3 is 9.84 Å². The molecular formula is C31H38INO2. The molecule has 4 heteroatoms. The molecule has 1 saturated heterocycles. The second kappa shape index (κ2) is 9.74. The molecule has 0 unspecified atom stereocenters. The van der Waals surface area contributed by atoms with Crippen molar-refractivity contribution < 1.29 is 9.84 Å². The number of rotatable bonds is 5. The first-order valence-electron chi connectivity index (χ1n) is 13.7. The van der Waals surface area contributed by atoms with Crippen molar-refractivity contribution >= 4 is 22.6 Å². The number of halogens is 1. The van der Waals surface area contributed by atoms with E-state index in [4.69, 9.17) is 4.74 Å². The molecule has 1 aliphatic heterocycles. The Balaban J connectivity index is 1.25. The van der Waals surface area contributed by atoms with Crippen molar-refractivity contribution in [1.82, 2.24) is 4.90 Å². The SMILES string of the molecule is C[C@]12C[C@H](c3ccc(OCCN4CCCCC4)cc3)[C@@H]3c4ccc(O)cc4CC[C@H]3[C@@H]1CC=C2I. The Bertz CT molecular complexity index is 1090. The lowest BCUT2D eigenvalue weighted by atomic mass is 9.51. The molecule has 0 radical (unpaired) electrons. The predicted octanol–water partition coefficient (Wildman–Crippen LogP) is 7.44. The van der Waals surface area contributed by atoms with E-state index in [1.807, 2.05) is 12.1 Å². The molecule has 6 rings (SSSR count). The van der Waals surface area contributed by atoms with Crippen molar-refractivity contribution in [3.8, 4) is 11.5 Å². The Morgan fingerprint density at radius 2 is 1.89 bits per heavy atom. The first kappa shape index (κ1) is 23.8. The second-order valence-corrected chi connectivity index (χ2v) is 12.7. The van der Waals surface area contributed by atoms with Crippen LogP contribution in [-0.4, -0.2) is 36.2 Å². The van der Waals surface area contributed by atoms with Gasteiger partial charge >= 0.3 is 0 Å². The number of aryl methyl sites for hydroxylation is 1. The van der Waals surface area contributed by atoms with Crippen molar-refractivity contribution in [2.75, 3.05) is 26.2 Å². The number of allylic oxidation sites excluding steroid dienone is 2. The number of piperidine rings is 1. The van der Waals surface area contributed by atoms with E-state index in [9.17, 15) is 5.11 Å². The first-order chi connectivity index (χ1) is 17.0. The zero-order chi connectivity index (χ0) is 24.0. The van der Waals surface area contributed by atoms with Crippen LogP contribution in [0.3, 0.4) is 0 Å². The van der Waals surface area contributed by atoms with Gasteiger partial charge in [-0.05, 0) is 142 Å². The summed E-state index contributed by atoms with van der Waals surface area (Å²) in [5.41, 5.74) is 4.57. The highest BCUT2D eigenvalue weighted by Gasteiger charge is 2.55. The van der Waals surface area contributed by atoms with E-state index in [-0.39, 0.29) is 5.41 Å². The number of aromatic hydroxyl groups is 1. The van der Waals surface area contributed by atoms with Gasteiger partial charge in [-0.15, -0.1) is 0 Å². The maximum absolute atomic E-state index is 10.2. The number of hydrogen-bond donors (Lipinski definition) is 1. The second-order valence-electron chi connectivity index (χ2n) is 11.6. The number of likely N-dealkylation sites (tertiary alicyclic amines) is 1. The van der Waals surface area contributed by atoms with Gasteiger partial charge in [0.15, 0.2) is 0 Å². The van der Waals surface area contributed by atoms with Crippen molar-refractivity contribution in [1.29, 1.82) is 0 Å². The molecule has 2 fully saturated rings. The third kappa shape index (κ3) is 4.43. The van der Waals surface area contributed by atoms with E-state index in [0.717, 1.165) is 31.2 Å². The Morgan fingerprint density at radius 3 is 2.69 bits per heavy atom. The van der Waals surface area contributed by atoms with Crippen LogP contribution in [0.1, 0.15) is 74.0 Å². The molecule has 4 aliphatic rings. The van der Waals surface area contributed by atoms with E-state index < -0.39 is 0 Å². The molecule has 0 bridgehead atoms. The minimum absolute atomic E-state index is 0.282. The fraction of sp³-hybridized carbons (Fsp3) is 0.548. The Labute approximate surface area is 224 Å². The monoisotopic (exact) mass is 583 g/mol. The van der Waals surface area contributed by atoms with Crippen molar-refractivity contribution in [3.63, 3.8) is 0 Å². The van der Waals surface area contributed by atoms with E-state index in [2.05, 4.69) is 70.8 Å². The van der Waals surface area contributed by atoms with Crippen LogP contribution in [0.4, 0.5) is 0 Å². The maximum Gasteiger partial charge on any atom is 0.119 e. The third-order valence-corrected chi connectivity index (χ3v) is 11.3. The van der Waals surface area contributed by atoms with Crippen LogP contribution in [0.25, 0.3) is 0 Å². The molecule has 0 aromatic heterocycles. The lowest BCUT2D eigenvalue weighted by Gasteiger charge is -2.53. The average molecular weight is 584 g/mol. The largest absolute Gasteiger partial charge is 0.508 e. The van der Waals surface area contributed by atoms with Crippen molar-refractivity contribution in [2.45, 2.75) is 63.7 Å². The Hall–Kier alpha value is -1.53. The summed E-state index contributed by atoms with van der Waals surface area (Å²) in [6.07, 6.45) is 11.3. The molecule has 35 heavy (non-hydrogen) atoms. The van der Waals surface area contributed by atoms with Gasteiger partial charge in [-0.1, -0.05) is 37.6 Å². The van der Waals surface area contributed by atoms with Crippen LogP contribution in [0.2, 0.25) is 0 Å². The van der Waals surface area contributed by atoms with Gasteiger partial charge in [-0.2, -0.15) is 0 Å². The average Bonchev–Trinajstić information content (AvgIpc) is 3.18. The minimum atomic E-state index is 0.282. The standard InChI is InChI=1S/C31H38INO2/c1-31-20-27(21-5-9-24(10-6-21)35-18-17-33-15-3-2-4-16-33)30-25-12-8-23(34)19-22(25)7-11-26(30)28(31)13-14-29(31)32/h5-6,8-10,12,14,19,26-28,30,34H,2-4,7,11,13,15-18,20H2,1H3/t26-,27+,28-,30+,31-/m0/s1. The Kier molecular flexibility index (Phi) is 6.63. The minimum Gasteiger partial charge on any atom is -0.508 e. The van der Waals surface area contributed by atoms with E-state index in [1.165, 1.54) is 68.3 Å². The summed E-state index contributed by atoms with van der Waals surface area (Å²) < 4.78 is 7.72. The van der Waals surface area contributed by atoms with Gasteiger partial charge in [0, 0.05) is 12.0 Å². The van der Waals surface area contributed by atoms with Crippen LogP contribution in [0.15, 0.2) is 52.1 Å². The van der Waals surface area contributed by atoms with Gasteiger partial charge in [0.1, 0.15) is 18.1 Å². The number of phenolic OH excluding ortho intramolecular Hbond substituents is 1. The molecule has 1 N–H and O–H groups in total. The van der Waals surface area contributed by atoms with E-state index in [0.29, 0.717) is 23.5 Å². The quantitative estimate of drug-likeness (QED) is 0.372. The highest BCUT2D eigenvalue weighted by Crippen LogP contribution is 2.66. The summed E-state index contributed by atoms with van der Waals surface area (Å²) in [7, 11) is 0. The Morgan fingerprint density at radius 1 is 1.09 bits per heavy atom. The zero-order valence-electron chi connectivity index (χ0n) is 20.9. The predicted molar refractivity (Wildman–Crippen MR) is 151 cm³/mol.